The summed E-state index contributed by atoms with van der Waals surface area (Å²) >= 11 is 3.77. The lowest BCUT2D eigenvalue weighted by molar-refractivity contribution is -0.138. The van der Waals surface area contributed by atoms with Crippen molar-refractivity contribution in [3.05, 3.63) is 19.9 Å². The van der Waals surface area contributed by atoms with Gasteiger partial charge in [0.05, 0.1) is 2.88 Å². The number of carbonyl (C=O) groups is 1. The van der Waals surface area contributed by atoms with Gasteiger partial charge in [-0.2, -0.15) is 0 Å². The van der Waals surface area contributed by atoms with E-state index in [1.165, 1.54) is 0 Å². The van der Waals surface area contributed by atoms with Crippen molar-refractivity contribution >= 4 is 39.9 Å². The first-order valence-electron chi connectivity index (χ1n) is 3.32. The van der Waals surface area contributed by atoms with Gasteiger partial charge in [0.1, 0.15) is 6.04 Å². The van der Waals surface area contributed by atoms with Gasteiger partial charge in [-0.15, -0.1) is 11.3 Å². The van der Waals surface area contributed by atoms with E-state index in [0.717, 1.165) is 7.76 Å². The summed E-state index contributed by atoms with van der Waals surface area (Å²) in [7, 11) is 0. The molecule has 0 aliphatic carbocycles. The fourth-order valence-electron chi connectivity index (χ4n) is 0.766. The number of aliphatic carboxylic acids is 1. The van der Waals surface area contributed by atoms with Crippen LogP contribution in [0, 0.1) is 2.88 Å². The molecule has 1 aromatic heterocycles. The van der Waals surface area contributed by atoms with Gasteiger partial charge >= 0.3 is 5.97 Å². The molecule has 3 N–H and O–H groups in total. The molecule has 1 rings (SSSR count). The number of thiophene rings is 1. The van der Waals surface area contributed by atoms with Crippen molar-refractivity contribution in [3.63, 3.8) is 0 Å². The van der Waals surface area contributed by atoms with Gasteiger partial charge in [-0.25, -0.2) is 0 Å². The first-order valence-corrected chi connectivity index (χ1v) is 5.21. The molecule has 0 saturated heterocycles. The fraction of sp³-hybridized carbons (Fsp3) is 0.286. The number of hydrogen-bond donors (Lipinski definition) is 2. The van der Waals surface area contributed by atoms with E-state index in [1.54, 1.807) is 11.3 Å². The summed E-state index contributed by atoms with van der Waals surface area (Å²) in [5, 5.41) is 8.53. The lowest BCUT2D eigenvalue weighted by atomic mass is 10.2. The summed E-state index contributed by atoms with van der Waals surface area (Å²) in [5.74, 6) is -0.946. The van der Waals surface area contributed by atoms with Gasteiger partial charge in [0, 0.05) is 11.3 Å². The van der Waals surface area contributed by atoms with Crippen LogP contribution in [-0.4, -0.2) is 17.1 Å². The summed E-state index contributed by atoms with van der Waals surface area (Å²) in [4.78, 5) is 11.4. The summed E-state index contributed by atoms with van der Waals surface area (Å²) in [6, 6.07) is 3.09. The molecule has 5 heteroatoms. The molecule has 0 aliphatic heterocycles. The van der Waals surface area contributed by atoms with Crippen LogP contribution < -0.4 is 5.73 Å². The Bertz CT molecular complexity index is 287. The van der Waals surface area contributed by atoms with Crippen LogP contribution >= 0.6 is 33.9 Å². The van der Waals surface area contributed by atoms with Crippen LogP contribution in [0.3, 0.4) is 0 Å². The maximum absolute atomic E-state index is 10.4. The average Bonchev–Trinajstić information content (AvgIpc) is 2.35. The van der Waals surface area contributed by atoms with E-state index in [1.807, 2.05) is 12.1 Å². The first kappa shape index (κ1) is 9.94. The molecule has 0 aromatic carbocycles. The van der Waals surface area contributed by atoms with Gasteiger partial charge in [-0.1, -0.05) is 0 Å². The summed E-state index contributed by atoms with van der Waals surface area (Å²) in [5.41, 5.74) is 5.36. The molecule has 0 fully saturated rings. The maximum atomic E-state index is 10.4. The third-order valence-corrected chi connectivity index (χ3v) is 3.28. The van der Waals surface area contributed by atoms with Crippen LogP contribution in [0.1, 0.15) is 4.88 Å². The van der Waals surface area contributed by atoms with Crippen molar-refractivity contribution in [1.29, 1.82) is 0 Å². The molecule has 0 spiro atoms. The van der Waals surface area contributed by atoms with Gasteiger partial charge < -0.3 is 10.8 Å². The van der Waals surface area contributed by atoms with Crippen molar-refractivity contribution in [2.75, 3.05) is 0 Å². The summed E-state index contributed by atoms with van der Waals surface area (Å²) < 4.78 is 1.15. The topological polar surface area (TPSA) is 63.3 Å². The van der Waals surface area contributed by atoms with Crippen LogP contribution in [-0.2, 0) is 11.2 Å². The molecule has 1 atom stereocenters. The number of hydrogen-bond acceptors (Lipinski definition) is 3. The van der Waals surface area contributed by atoms with Gasteiger partial charge in [0.15, 0.2) is 0 Å². The van der Waals surface area contributed by atoms with Crippen LogP contribution in [0.25, 0.3) is 0 Å². The number of rotatable bonds is 3. The molecule has 0 saturated carbocycles. The van der Waals surface area contributed by atoms with Crippen molar-refractivity contribution in [2.45, 2.75) is 12.5 Å². The molecule has 12 heavy (non-hydrogen) atoms. The van der Waals surface area contributed by atoms with E-state index in [2.05, 4.69) is 22.6 Å². The van der Waals surface area contributed by atoms with Gasteiger partial charge in [0.2, 0.25) is 0 Å². The van der Waals surface area contributed by atoms with E-state index < -0.39 is 12.0 Å². The molecule has 0 radical (unpaired) electrons. The minimum absolute atomic E-state index is 0.420. The minimum atomic E-state index is -0.946. The van der Waals surface area contributed by atoms with Gasteiger partial charge in [-0.05, 0) is 34.7 Å². The quantitative estimate of drug-likeness (QED) is 0.827. The second-order valence-electron chi connectivity index (χ2n) is 2.35. The highest BCUT2D eigenvalue weighted by molar-refractivity contribution is 14.1. The SMILES string of the molecule is N[C@@H](Cc1ccc(I)s1)C(=O)O. The van der Waals surface area contributed by atoms with E-state index in [-0.39, 0.29) is 0 Å². The third kappa shape index (κ3) is 2.72. The van der Waals surface area contributed by atoms with Crippen molar-refractivity contribution in [2.24, 2.45) is 5.73 Å². The largest absolute Gasteiger partial charge is 0.480 e. The monoisotopic (exact) mass is 297 g/mol. The van der Waals surface area contributed by atoms with Crippen molar-refractivity contribution < 1.29 is 9.90 Å². The van der Waals surface area contributed by atoms with Gasteiger partial charge in [0.25, 0.3) is 0 Å². The Morgan fingerprint density at radius 1 is 1.75 bits per heavy atom. The normalized spacial score (nSPS) is 12.8. The van der Waals surface area contributed by atoms with E-state index in [9.17, 15) is 4.79 Å². The standard InChI is InChI=1S/C7H8INO2S/c8-6-2-1-4(12-6)3-5(9)7(10)11/h1-2,5H,3,9H2,(H,10,11)/t5-/m0/s1. The molecule has 66 valence electrons. The summed E-state index contributed by atoms with van der Waals surface area (Å²) in [6.45, 7) is 0. The van der Waals surface area contributed by atoms with Gasteiger partial charge in [-0.3, -0.25) is 4.79 Å². The van der Waals surface area contributed by atoms with Crippen LogP contribution in [0.15, 0.2) is 12.1 Å². The molecule has 1 aromatic rings. The highest BCUT2D eigenvalue weighted by atomic mass is 127. The zero-order valence-corrected chi connectivity index (χ0v) is 9.13. The molecular formula is C7H8INO2S. The Kier molecular flexibility index (Phi) is 3.48. The molecule has 0 aliphatic rings. The lowest BCUT2D eigenvalue weighted by Gasteiger charge is -2.02. The number of nitrogens with two attached hydrogens (primary N) is 1. The average molecular weight is 297 g/mol. The molecule has 1 heterocycles. The molecular weight excluding hydrogens is 289 g/mol. The molecule has 3 nitrogen and oxygen atoms in total. The Morgan fingerprint density at radius 3 is 2.83 bits per heavy atom. The van der Waals surface area contributed by atoms with Crippen LogP contribution in [0.2, 0.25) is 0 Å². The Morgan fingerprint density at radius 2 is 2.42 bits per heavy atom. The number of carboxylic acids is 1. The zero-order chi connectivity index (χ0) is 9.14. The summed E-state index contributed by atoms with van der Waals surface area (Å²) in [6.07, 6.45) is 0.420. The van der Waals surface area contributed by atoms with Crippen molar-refractivity contribution in [1.82, 2.24) is 0 Å². The Hall–Kier alpha value is -0.140. The first-order chi connectivity index (χ1) is 5.59. The highest BCUT2D eigenvalue weighted by Crippen LogP contribution is 2.19. The van der Waals surface area contributed by atoms with E-state index >= 15 is 0 Å². The third-order valence-electron chi connectivity index (χ3n) is 1.37. The zero-order valence-electron chi connectivity index (χ0n) is 6.16. The number of carboxylic acid groups (broad SMARTS) is 1. The smallest absolute Gasteiger partial charge is 0.320 e. The molecule has 0 bridgehead atoms. The highest BCUT2D eigenvalue weighted by Gasteiger charge is 2.12. The van der Waals surface area contributed by atoms with E-state index in [0.29, 0.717) is 6.42 Å². The van der Waals surface area contributed by atoms with E-state index in [4.69, 9.17) is 10.8 Å². The maximum Gasteiger partial charge on any atom is 0.320 e. The minimum Gasteiger partial charge on any atom is -0.480 e. The lowest BCUT2D eigenvalue weighted by Crippen LogP contribution is -2.31. The van der Waals surface area contributed by atoms with Crippen LogP contribution in [0.5, 0.6) is 0 Å². The predicted molar refractivity (Wildman–Crippen MR) is 56.4 cm³/mol. The fourth-order valence-corrected chi connectivity index (χ4v) is 2.58. The second kappa shape index (κ2) is 4.20. The Balaban J connectivity index is 2.58. The second-order valence-corrected chi connectivity index (χ2v) is 5.42. The number of halogens is 1. The van der Waals surface area contributed by atoms with Crippen molar-refractivity contribution in [3.8, 4) is 0 Å². The molecule has 0 amide bonds. The Labute approximate surface area is 87.7 Å². The van der Waals surface area contributed by atoms with Crippen LogP contribution in [0.4, 0.5) is 0 Å². The predicted octanol–water partition coefficient (Wildman–Crippen LogP) is 1.31. The molecule has 0 unspecified atom stereocenters.